The van der Waals surface area contributed by atoms with E-state index in [0.717, 1.165) is 5.66 Å². The maximum atomic E-state index is 2.36. The van der Waals surface area contributed by atoms with Crippen LogP contribution < -0.4 is 10.6 Å². The third kappa shape index (κ3) is 3.13. The van der Waals surface area contributed by atoms with Gasteiger partial charge in [-0.3, -0.25) is 0 Å². The average Bonchev–Trinajstić information content (AvgIpc) is 2.52. The SMILES string of the molecule is Cc1ccc(P(c2ccccc2)C2CCCCC2)cc1. The van der Waals surface area contributed by atoms with E-state index in [2.05, 4.69) is 61.5 Å². The Morgan fingerprint density at radius 1 is 0.750 bits per heavy atom. The first-order chi connectivity index (χ1) is 9.84. The second kappa shape index (κ2) is 6.55. The molecule has 1 saturated carbocycles. The fraction of sp³-hybridized carbons (Fsp3) is 0.368. The molecule has 0 N–H and O–H groups in total. The Balaban J connectivity index is 1.96. The molecule has 3 rings (SSSR count). The summed E-state index contributed by atoms with van der Waals surface area (Å²) in [6.07, 6.45) is 7.09. The van der Waals surface area contributed by atoms with Crippen LogP contribution in [0.5, 0.6) is 0 Å². The summed E-state index contributed by atoms with van der Waals surface area (Å²) in [4.78, 5) is 0. The Morgan fingerprint density at radius 3 is 2.00 bits per heavy atom. The number of hydrogen-bond acceptors (Lipinski definition) is 0. The standard InChI is InChI=1S/C19H23P/c1-16-12-14-19(15-13-16)20(17-8-4-2-5-9-17)18-10-6-3-7-11-18/h2,4-5,8-9,12-15,18H,3,6-7,10-11H2,1H3. The van der Waals surface area contributed by atoms with E-state index in [1.807, 2.05) is 0 Å². The molecule has 0 bridgehead atoms. The number of hydrogen-bond donors (Lipinski definition) is 0. The summed E-state index contributed by atoms with van der Waals surface area (Å²) in [5, 5.41) is 3.11. The van der Waals surface area contributed by atoms with Crippen LogP contribution in [0.15, 0.2) is 54.6 Å². The fourth-order valence-electron chi connectivity index (χ4n) is 3.20. The van der Waals surface area contributed by atoms with Crippen molar-refractivity contribution in [2.24, 2.45) is 0 Å². The van der Waals surface area contributed by atoms with E-state index < -0.39 is 0 Å². The van der Waals surface area contributed by atoms with E-state index in [4.69, 9.17) is 0 Å². The third-order valence-corrected chi connectivity index (χ3v) is 7.24. The Bertz CT molecular complexity index is 523. The van der Waals surface area contributed by atoms with Crippen molar-refractivity contribution in [1.29, 1.82) is 0 Å². The zero-order valence-electron chi connectivity index (χ0n) is 12.3. The molecule has 1 aliphatic rings. The van der Waals surface area contributed by atoms with E-state index in [1.54, 1.807) is 10.6 Å². The van der Waals surface area contributed by atoms with Crippen LogP contribution >= 0.6 is 7.92 Å². The molecule has 0 nitrogen and oxygen atoms in total. The minimum Gasteiger partial charge on any atom is -0.0622 e. The van der Waals surface area contributed by atoms with Crippen molar-refractivity contribution in [2.75, 3.05) is 0 Å². The lowest BCUT2D eigenvalue weighted by Crippen LogP contribution is -2.23. The molecule has 1 aliphatic carbocycles. The quantitative estimate of drug-likeness (QED) is 0.712. The van der Waals surface area contributed by atoms with Gasteiger partial charge in [-0.1, -0.05) is 79.4 Å². The molecule has 1 heteroatoms. The van der Waals surface area contributed by atoms with E-state index in [0.29, 0.717) is 0 Å². The second-order valence-electron chi connectivity index (χ2n) is 5.83. The zero-order valence-corrected chi connectivity index (χ0v) is 13.2. The predicted octanol–water partition coefficient (Wildman–Crippen LogP) is 4.76. The van der Waals surface area contributed by atoms with Crippen LogP contribution in [-0.2, 0) is 0 Å². The minimum absolute atomic E-state index is 0.181. The summed E-state index contributed by atoms with van der Waals surface area (Å²) in [7, 11) is -0.181. The predicted molar refractivity (Wildman–Crippen MR) is 90.7 cm³/mol. The first-order valence-corrected chi connectivity index (χ1v) is 9.16. The third-order valence-electron chi connectivity index (χ3n) is 4.29. The van der Waals surface area contributed by atoms with E-state index >= 15 is 0 Å². The smallest absolute Gasteiger partial charge is 0.0129 e. The normalized spacial score (nSPS) is 17.9. The highest BCUT2D eigenvalue weighted by Crippen LogP contribution is 2.46. The van der Waals surface area contributed by atoms with E-state index in [1.165, 1.54) is 37.7 Å². The van der Waals surface area contributed by atoms with Crippen molar-refractivity contribution >= 4 is 18.5 Å². The van der Waals surface area contributed by atoms with Crippen LogP contribution in [0, 0.1) is 6.92 Å². The first kappa shape index (κ1) is 13.8. The molecular weight excluding hydrogens is 259 g/mol. The highest BCUT2D eigenvalue weighted by Gasteiger charge is 2.25. The monoisotopic (exact) mass is 282 g/mol. The summed E-state index contributed by atoms with van der Waals surface area (Å²) in [6, 6.07) is 20.5. The van der Waals surface area contributed by atoms with Gasteiger partial charge in [0.2, 0.25) is 0 Å². The molecule has 0 radical (unpaired) electrons. The molecule has 0 aromatic heterocycles. The van der Waals surface area contributed by atoms with Crippen molar-refractivity contribution in [3.8, 4) is 0 Å². The Hall–Kier alpha value is -1.13. The van der Waals surface area contributed by atoms with Crippen molar-refractivity contribution in [3.63, 3.8) is 0 Å². The van der Waals surface area contributed by atoms with Gasteiger partial charge in [0.1, 0.15) is 0 Å². The summed E-state index contributed by atoms with van der Waals surface area (Å²) < 4.78 is 0. The van der Waals surface area contributed by atoms with Crippen LogP contribution in [0.1, 0.15) is 37.7 Å². The van der Waals surface area contributed by atoms with Crippen LogP contribution in [0.3, 0.4) is 0 Å². The van der Waals surface area contributed by atoms with E-state index in [9.17, 15) is 0 Å². The molecule has 0 spiro atoms. The van der Waals surface area contributed by atoms with Crippen molar-refractivity contribution in [2.45, 2.75) is 44.7 Å². The molecule has 0 aliphatic heterocycles. The maximum Gasteiger partial charge on any atom is -0.0129 e. The zero-order chi connectivity index (χ0) is 13.8. The van der Waals surface area contributed by atoms with Gasteiger partial charge in [-0.2, -0.15) is 0 Å². The van der Waals surface area contributed by atoms with Crippen molar-refractivity contribution in [1.82, 2.24) is 0 Å². The molecule has 1 unspecified atom stereocenters. The lowest BCUT2D eigenvalue weighted by molar-refractivity contribution is 0.513. The Morgan fingerprint density at radius 2 is 1.35 bits per heavy atom. The summed E-state index contributed by atoms with van der Waals surface area (Å²) in [5.74, 6) is 0. The second-order valence-corrected chi connectivity index (χ2v) is 8.34. The lowest BCUT2D eigenvalue weighted by Gasteiger charge is -2.31. The van der Waals surface area contributed by atoms with Gasteiger partial charge in [-0.25, -0.2) is 0 Å². The number of rotatable bonds is 3. The molecule has 2 aromatic rings. The van der Waals surface area contributed by atoms with E-state index in [-0.39, 0.29) is 7.92 Å². The molecule has 104 valence electrons. The number of aryl methyl sites for hydroxylation is 1. The van der Waals surface area contributed by atoms with Crippen molar-refractivity contribution < 1.29 is 0 Å². The van der Waals surface area contributed by atoms with Crippen LogP contribution in [0.4, 0.5) is 0 Å². The molecule has 1 atom stereocenters. The fourth-order valence-corrected chi connectivity index (χ4v) is 6.19. The molecular formula is C19H23P. The largest absolute Gasteiger partial charge is 0.0622 e. The highest BCUT2D eigenvalue weighted by molar-refractivity contribution is 7.73. The molecule has 0 amide bonds. The highest BCUT2D eigenvalue weighted by atomic mass is 31.1. The summed E-state index contributed by atoms with van der Waals surface area (Å²) in [5.41, 5.74) is 2.24. The molecule has 1 fully saturated rings. The Kier molecular flexibility index (Phi) is 4.53. The van der Waals surface area contributed by atoms with Crippen LogP contribution in [0.25, 0.3) is 0 Å². The van der Waals surface area contributed by atoms with Gasteiger partial charge in [0.05, 0.1) is 0 Å². The number of benzene rings is 2. The Labute approximate surface area is 124 Å². The minimum atomic E-state index is -0.181. The topological polar surface area (TPSA) is 0 Å². The molecule has 2 aromatic carbocycles. The van der Waals surface area contributed by atoms with Gasteiger partial charge in [0.25, 0.3) is 0 Å². The lowest BCUT2D eigenvalue weighted by atomic mass is 10.0. The van der Waals surface area contributed by atoms with Gasteiger partial charge in [-0.05, 0) is 44.0 Å². The molecule has 0 saturated heterocycles. The van der Waals surface area contributed by atoms with Gasteiger partial charge in [0, 0.05) is 0 Å². The maximum absolute atomic E-state index is 2.36. The molecule has 0 heterocycles. The van der Waals surface area contributed by atoms with Crippen LogP contribution in [0.2, 0.25) is 0 Å². The summed E-state index contributed by atoms with van der Waals surface area (Å²) >= 11 is 0. The molecule has 20 heavy (non-hydrogen) atoms. The summed E-state index contributed by atoms with van der Waals surface area (Å²) in [6.45, 7) is 2.18. The van der Waals surface area contributed by atoms with Gasteiger partial charge in [-0.15, -0.1) is 0 Å². The van der Waals surface area contributed by atoms with Crippen LogP contribution in [-0.4, -0.2) is 5.66 Å². The average molecular weight is 282 g/mol. The van der Waals surface area contributed by atoms with Gasteiger partial charge >= 0.3 is 0 Å². The van der Waals surface area contributed by atoms with Gasteiger partial charge in [0.15, 0.2) is 0 Å². The van der Waals surface area contributed by atoms with Gasteiger partial charge < -0.3 is 0 Å². The van der Waals surface area contributed by atoms with Crippen molar-refractivity contribution in [3.05, 3.63) is 60.2 Å². The first-order valence-electron chi connectivity index (χ1n) is 7.75.